The van der Waals surface area contributed by atoms with Crippen LogP contribution < -0.4 is 0 Å². The Balaban J connectivity index is 2.93. The Morgan fingerprint density at radius 3 is 2.62 bits per heavy atom. The fourth-order valence-electron chi connectivity index (χ4n) is 1.54. The van der Waals surface area contributed by atoms with E-state index in [1.807, 2.05) is 13.8 Å². The lowest BCUT2D eigenvalue weighted by Crippen LogP contribution is -2.22. The molecule has 1 aromatic carbocycles. The third kappa shape index (κ3) is 3.30. The summed E-state index contributed by atoms with van der Waals surface area (Å²) in [5.41, 5.74) is 0.695. The van der Waals surface area contributed by atoms with E-state index in [-0.39, 0.29) is 11.7 Å². The molecule has 1 atom stereocenters. The van der Waals surface area contributed by atoms with Crippen LogP contribution >= 0.6 is 15.9 Å². The van der Waals surface area contributed by atoms with Crippen molar-refractivity contribution in [2.45, 2.75) is 20.3 Å². The Morgan fingerprint density at radius 2 is 2.12 bits per heavy atom. The lowest BCUT2D eigenvalue weighted by Gasteiger charge is -2.16. The Hall–Kier alpha value is -0.900. The van der Waals surface area contributed by atoms with E-state index in [9.17, 15) is 9.18 Å². The maximum Gasteiger partial charge on any atom is 0.307 e. The minimum Gasteiger partial charge on any atom is -0.481 e. The molecule has 0 aliphatic heterocycles. The van der Waals surface area contributed by atoms with Crippen molar-refractivity contribution in [2.75, 3.05) is 0 Å². The minimum atomic E-state index is -0.842. The molecular formula is C12H14BrFO2. The fraction of sp³-hybridized carbons (Fsp3) is 0.417. The van der Waals surface area contributed by atoms with Gasteiger partial charge in [0.1, 0.15) is 5.82 Å². The number of carbonyl (C=O) groups is 1. The first-order chi connectivity index (χ1) is 7.41. The molecule has 0 saturated carbocycles. The molecule has 1 aromatic rings. The molecule has 88 valence electrons. The quantitative estimate of drug-likeness (QED) is 0.921. The molecular weight excluding hydrogens is 275 g/mol. The van der Waals surface area contributed by atoms with Crippen LogP contribution in [0.4, 0.5) is 4.39 Å². The fourth-order valence-corrected chi connectivity index (χ4v) is 1.95. The van der Waals surface area contributed by atoms with Crippen molar-refractivity contribution in [1.29, 1.82) is 0 Å². The van der Waals surface area contributed by atoms with Crippen LogP contribution in [0.15, 0.2) is 22.7 Å². The van der Waals surface area contributed by atoms with Crippen molar-refractivity contribution in [2.24, 2.45) is 11.8 Å². The average molecular weight is 289 g/mol. The highest BCUT2D eigenvalue weighted by Crippen LogP contribution is 2.24. The molecule has 1 rings (SSSR count). The number of hydrogen-bond acceptors (Lipinski definition) is 1. The number of halogens is 2. The summed E-state index contributed by atoms with van der Waals surface area (Å²) in [4.78, 5) is 11.0. The summed E-state index contributed by atoms with van der Waals surface area (Å²) in [7, 11) is 0. The standard InChI is InChI=1S/C12H14BrFO2/c1-7(2)10(12(15)16)6-8-5-9(14)3-4-11(8)13/h3-5,7,10H,6H2,1-2H3,(H,15,16). The molecule has 0 bridgehead atoms. The van der Waals surface area contributed by atoms with Crippen molar-refractivity contribution < 1.29 is 14.3 Å². The van der Waals surface area contributed by atoms with Crippen molar-refractivity contribution in [1.82, 2.24) is 0 Å². The lowest BCUT2D eigenvalue weighted by molar-refractivity contribution is -0.143. The van der Waals surface area contributed by atoms with Crippen LogP contribution in [0, 0.1) is 17.7 Å². The molecule has 0 spiro atoms. The van der Waals surface area contributed by atoms with Gasteiger partial charge in [-0.05, 0) is 36.1 Å². The lowest BCUT2D eigenvalue weighted by atomic mass is 9.89. The zero-order valence-corrected chi connectivity index (χ0v) is 10.8. The molecule has 0 heterocycles. The van der Waals surface area contributed by atoms with E-state index in [1.54, 1.807) is 6.07 Å². The van der Waals surface area contributed by atoms with Crippen LogP contribution in [-0.4, -0.2) is 11.1 Å². The van der Waals surface area contributed by atoms with Gasteiger partial charge >= 0.3 is 5.97 Å². The van der Waals surface area contributed by atoms with E-state index in [0.717, 1.165) is 4.47 Å². The molecule has 0 radical (unpaired) electrons. The zero-order valence-electron chi connectivity index (χ0n) is 9.21. The normalized spacial score (nSPS) is 12.8. The SMILES string of the molecule is CC(C)C(Cc1cc(F)ccc1Br)C(=O)O. The smallest absolute Gasteiger partial charge is 0.307 e. The van der Waals surface area contributed by atoms with E-state index in [2.05, 4.69) is 15.9 Å². The number of rotatable bonds is 4. The number of hydrogen-bond donors (Lipinski definition) is 1. The number of carboxylic acid groups (broad SMARTS) is 1. The predicted octanol–water partition coefficient (Wildman–Crippen LogP) is 3.49. The highest BCUT2D eigenvalue weighted by molar-refractivity contribution is 9.10. The first-order valence-corrected chi connectivity index (χ1v) is 5.88. The molecule has 4 heteroatoms. The highest BCUT2D eigenvalue weighted by atomic mass is 79.9. The van der Waals surface area contributed by atoms with Gasteiger partial charge in [0.15, 0.2) is 0 Å². The highest BCUT2D eigenvalue weighted by Gasteiger charge is 2.22. The Kier molecular flexibility index (Phi) is 4.47. The second kappa shape index (κ2) is 5.43. The summed E-state index contributed by atoms with van der Waals surface area (Å²) in [6.07, 6.45) is 0.339. The van der Waals surface area contributed by atoms with Gasteiger partial charge in [0.05, 0.1) is 5.92 Å². The minimum absolute atomic E-state index is 0.0210. The molecule has 0 amide bonds. The second-order valence-electron chi connectivity index (χ2n) is 4.13. The van der Waals surface area contributed by atoms with E-state index in [4.69, 9.17) is 5.11 Å². The van der Waals surface area contributed by atoms with Crippen LogP contribution in [0.2, 0.25) is 0 Å². The molecule has 0 aromatic heterocycles. The number of carboxylic acids is 1. The van der Waals surface area contributed by atoms with Gasteiger partial charge in [-0.15, -0.1) is 0 Å². The van der Waals surface area contributed by atoms with Crippen LogP contribution in [0.25, 0.3) is 0 Å². The molecule has 16 heavy (non-hydrogen) atoms. The van der Waals surface area contributed by atoms with Gasteiger partial charge in [-0.1, -0.05) is 29.8 Å². The second-order valence-corrected chi connectivity index (χ2v) is 4.98. The van der Waals surface area contributed by atoms with Gasteiger partial charge in [-0.25, -0.2) is 4.39 Å². The molecule has 0 fully saturated rings. The molecule has 0 aliphatic carbocycles. The predicted molar refractivity (Wildman–Crippen MR) is 63.8 cm³/mol. The first kappa shape index (κ1) is 13.2. The van der Waals surface area contributed by atoms with Gasteiger partial charge in [-0.3, -0.25) is 4.79 Å². The van der Waals surface area contributed by atoms with Crippen molar-refractivity contribution >= 4 is 21.9 Å². The van der Waals surface area contributed by atoms with Crippen molar-refractivity contribution in [3.63, 3.8) is 0 Å². The largest absolute Gasteiger partial charge is 0.481 e. The molecule has 2 nitrogen and oxygen atoms in total. The summed E-state index contributed by atoms with van der Waals surface area (Å²) >= 11 is 3.30. The monoisotopic (exact) mass is 288 g/mol. The van der Waals surface area contributed by atoms with Gasteiger partial charge in [-0.2, -0.15) is 0 Å². The van der Waals surface area contributed by atoms with Gasteiger partial charge < -0.3 is 5.11 Å². The van der Waals surface area contributed by atoms with E-state index >= 15 is 0 Å². The molecule has 0 saturated heterocycles. The van der Waals surface area contributed by atoms with Gasteiger partial charge in [0, 0.05) is 4.47 Å². The van der Waals surface area contributed by atoms with Crippen LogP contribution in [0.5, 0.6) is 0 Å². The van der Waals surface area contributed by atoms with Crippen molar-refractivity contribution in [3.8, 4) is 0 Å². The summed E-state index contributed by atoms with van der Waals surface area (Å²) in [5, 5.41) is 9.06. The first-order valence-electron chi connectivity index (χ1n) is 5.08. The molecule has 0 aliphatic rings. The Bertz CT molecular complexity index is 391. The number of benzene rings is 1. The Morgan fingerprint density at radius 1 is 1.50 bits per heavy atom. The molecule has 1 unspecified atom stereocenters. The zero-order chi connectivity index (χ0) is 12.3. The summed E-state index contributed by atoms with van der Waals surface area (Å²) in [6, 6.07) is 4.32. The van der Waals surface area contributed by atoms with Crippen molar-refractivity contribution in [3.05, 3.63) is 34.1 Å². The van der Waals surface area contributed by atoms with Crippen LogP contribution in [0.1, 0.15) is 19.4 Å². The summed E-state index contributed by atoms with van der Waals surface area (Å²) in [6.45, 7) is 3.71. The van der Waals surface area contributed by atoms with E-state index in [1.165, 1.54) is 12.1 Å². The number of aliphatic carboxylic acids is 1. The third-order valence-corrected chi connectivity index (χ3v) is 3.34. The van der Waals surface area contributed by atoms with Crippen LogP contribution in [0.3, 0.4) is 0 Å². The summed E-state index contributed by atoms with van der Waals surface area (Å²) < 4.78 is 13.8. The van der Waals surface area contributed by atoms with E-state index < -0.39 is 11.9 Å². The topological polar surface area (TPSA) is 37.3 Å². The molecule has 1 N–H and O–H groups in total. The summed E-state index contributed by atoms with van der Waals surface area (Å²) in [5.74, 6) is -1.65. The average Bonchev–Trinajstić information content (AvgIpc) is 2.18. The van der Waals surface area contributed by atoms with E-state index in [0.29, 0.717) is 12.0 Å². The maximum absolute atomic E-state index is 13.0. The van der Waals surface area contributed by atoms with Crippen LogP contribution in [-0.2, 0) is 11.2 Å². The third-order valence-electron chi connectivity index (χ3n) is 2.57. The van der Waals surface area contributed by atoms with Gasteiger partial charge in [0.2, 0.25) is 0 Å². The maximum atomic E-state index is 13.0. The Labute approximate surface area is 103 Å². The van der Waals surface area contributed by atoms with Gasteiger partial charge in [0.25, 0.3) is 0 Å².